The quantitative estimate of drug-likeness (QED) is 0.802. The van der Waals surface area contributed by atoms with E-state index in [0.29, 0.717) is 29.5 Å². The van der Waals surface area contributed by atoms with E-state index in [9.17, 15) is 4.39 Å². The number of ether oxygens (including phenoxy) is 1. The van der Waals surface area contributed by atoms with Gasteiger partial charge in [0, 0.05) is 0 Å². The molecule has 21 heavy (non-hydrogen) atoms. The van der Waals surface area contributed by atoms with Gasteiger partial charge in [-0.3, -0.25) is 4.57 Å². The molecule has 2 N–H and O–H groups in total. The Labute approximate surface area is 122 Å². The number of hydrogen-bond acceptors (Lipinski definition) is 3. The van der Waals surface area contributed by atoms with Crippen LogP contribution in [-0.2, 0) is 0 Å². The highest BCUT2D eigenvalue weighted by Crippen LogP contribution is 2.30. The summed E-state index contributed by atoms with van der Waals surface area (Å²) in [7, 11) is 0. The van der Waals surface area contributed by atoms with E-state index in [1.165, 1.54) is 12.1 Å². The van der Waals surface area contributed by atoms with Crippen molar-refractivity contribution in [3.05, 3.63) is 47.8 Å². The van der Waals surface area contributed by atoms with Gasteiger partial charge >= 0.3 is 0 Å². The number of nitrogens with two attached hydrogens (primary N) is 1. The molecule has 0 atom stereocenters. The maximum Gasteiger partial charge on any atom is 0.206 e. The second-order valence-corrected chi connectivity index (χ2v) is 4.79. The summed E-state index contributed by atoms with van der Waals surface area (Å²) in [4.78, 5) is 4.37. The molecule has 5 heteroatoms. The minimum atomic E-state index is -0.308. The van der Waals surface area contributed by atoms with Crippen molar-refractivity contribution in [1.29, 1.82) is 0 Å². The number of nitrogens with zero attached hydrogens (tertiary/aromatic N) is 2. The molecule has 0 spiro atoms. The second kappa shape index (κ2) is 5.09. The summed E-state index contributed by atoms with van der Waals surface area (Å²) in [5.74, 6) is 0.679. The number of nitrogen functional groups attached to an aromatic ring is 1. The first-order chi connectivity index (χ1) is 10.1. The van der Waals surface area contributed by atoms with Crippen LogP contribution in [0, 0.1) is 12.7 Å². The van der Waals surface area contributed by atoms with Crippen LogP contribution in [0.25, 0.3) is 16.7 Å². The van der Waals surface area contributed by atoms with Crippen molar-refractivity contribution in [1.82, 2.24) is 9.55 Å². The van der Waals surface area contributed by atoms with Crippen LogP contribution in [0.1, 0.15) is 12.5 Å². The van der Waals surface area contributed by atoms with Gasteiger partial charge in [0.1, 0.15) is 17.1 Å². The average Bonchev–Trinajstić information content (AvgIpc) is 2.79. The number of rotatable bonds is 3. The van der Waals surface area contributed by atoms with Crippen LogP contribution in [-0.4, -0.2) is 16.2 Å². The Hall–Kier alpha value is -2.56. The Morgan fingerprint density at radius 1 is 1.29 bits per heavy atom. The number of anilines is 1. The third kappa shape index (κ3) is 2.20. The minimum Gasteiger partial charge on any atom is -0.492 e. The molecule has 108 valence electrons. The first-order valence-electron chi connectivity index (χ1n) is 6.78. The molecule has 3 rings (SSSR count). The smallest absolute Gasteiger partial charge is 0.206 e. The van der Waals surface area contributed by atoms with Gasteiger partial charge < -0.3 is 10.5 Å². The van der Waals surface area contributed by atoms with E-state index in [1.54, 1.807) is 10.6 Å². The number of hydrogen-bond donors (Lipinski definition) is 1. The van der Waals surface area contributed by atoms with Crippen molar-refractivity contribution in [3.63, 3.8) is 0 Å². The molecule has 0 aliphatic carbocycles. The first-order valence-corrected chi connectivity index (χ1v) is 6.78. The van der Waals surface area contributed by atoms with E-state index in [4.69, 9.17) is 10.5 Å². The summed E-state index contributed by atoms with van der Waals surface area (Å²) >= 11 is 0. The molecule has 0 fully saturated rings. The topological polar surface area (TPSA) is 53.1 Å². The van der Waals surface area contributed by atoms with Crippen molar-refractivity contribution in [2.45, 2.75) is 13.8 Å². The molecule has 0 saturated heterocycles. The second-order valence-electron chi connectivity index (χ2n) is 4.79. The van der Waals surface area contributed by atoms with Crippen LogP contribution in [0.2, 0.25) is 0 Å². The van der Waals surface area contributed by atoms with Crippen molar-refractivity contribution < 1.29 is 9.13 Å². The van der Waals surface area contributed by atoms with Gasteiger partial charge in [-0.15, -0.1) is 0 Å². The monoisotopic (exact) mass is 285 g/mol. The highest BCUT2D eigenvalue weighted by molar-refractivity contribution is 5.86. The number of aryl methyl sites for hydroxylation is 1. The fourth-order valence-electron chi connectivity index (χ4n) is 2.44. The van der Waals surface area contributed by atoms with Gasteiger partial charge in [-0.05, 0) is 43.7 Å². The Balaban J connectivity index is 2.30. The van der Waals surface area contributed by atoms with Crippen molar-refractivity contribution in [3.8, 4) is 11.4 Å². The van der Waals surface area contributed by atoms with Gasteiger partial charge in [0.25, 0.3) is 0 Å². The molecule has 0 aliphatic rings. The predicted molar refractivity (Wildman–Crippen MR) is 81.3 cm³/mol. The highest BCUT2D eigenvalue weighted by atomic mass is 19.1. The molecule has 0 amide bonds. The lowest BCUT2D eigenvalue weighted by Gasteiger charge is -2.10. The lowest BCUT2D eigenvalue weighted by molar-refractivity contribution is 0.344. The number of aromatic nitrogens is 2. The molecule has 1 heterocycles. The molecule has 3 aromatic rings. The maximum absolute atomic E-state index is 13.6. The SMILES string of the molecule is CCOc1cccc2c1nc(N)n2-c1cc(F)ccc1C. The summed E-state index contributed by atoms with van der Waals surface area (Å²) in [6.45, 7) is 4.37. The van der Waals surface area contributed by atoms with Gasteiger partial charge in [0.15, 0.2) is 0 Å². The summed E-state index contributed by atoms with van der Waals surface area (Å²) in [6, 6.07) is 10.2. The maximum atomic E-state index is 13.6. The van der Waals surface area contributed by atoms with Crippen LogP contribution in [0.4, 0.5) is 10.3 Å². The molecule has 0 saturated carbocycles. The van der Waals surface area contributed by atoms with E-state index >= 15 is 0 Å². The third-order valence-corrected chi connectivity index (χ3v) is 3.39. The fourth-order valence-corrected chi connectivity index (χ4v) is 2.44. The van der Waals surface area contributed by atoms with Crippen molar-refractivity contribution in [2.75, 3.05) is 12.3 Å². The highest BCUT2D eigenvalue weighted by Gasteiger charge is 2.15. The van der Waals surface area contributed by atoms with Crippen LogP contribution in [0.3, 0.4) is 0 Å². The lowest BCUT2D eigenvalue weighted by atomic mass is 10.2. The summed E-state index contributed by atoms with van der Waals surface area (Å²) in [6.07, 6.45) is 0. The summed E-state index contributed by atoms with van der Waals surface area (Å²) in [5, 5.41) is 0. The largest absolute Gasteiger partial charge is 0.492 e. The molecule has 0 bridgehead atoms. The zero-order valence-corrected chi connectivity index (χ0v) is 11.9. The third-order valence-electron chi connectivity index (χ3n) is 3.39. The van der Waals surface area contributed by atoms with Crippen molar-refractivity contribution in [2.24, 2.45) is 0 Å². The number of para-hydroxylation sites is 1. The van der Waals surface area contributed by atoms with Crippen LogP contribution >= 0.6 is 0 Å². The molecule has 1 aromatic heterocycles. The number of benzene rings is 2. The molecular formula is C16H16FN3O. The van der Waals surface area contributed by atoms with Gasteiger partial charge in [0.2, 0.25) is 5.95 Å². The predicted octanol–water partition coefficient (Wildman–Crippen LogP) is 3.45. The van der Waals surface area contributed by atoms with Gasteiger partial charge in [-0.2, -0.15) is 0 Å². The van der Waals surface area contributed by atoms with Crippen LogP contribution < -0.4 is 10.5 Å². The molecule has 0 radical (unpaired) electrons. The molecular weight excluding hydrogens is 269 g/mol. The van der Waals surface area contributed by atoms with Crippen LogP contribution in [0.5, 0.6) is 5.75 Å². The summed E-state index contributed by atoms with van der Waals surface area (Å²) in [5.41, 5.74) is 9.13. The van der Waals surface area contributed by atoms with E-state index in [-0.39, 0.29) is 5.82 Å². The van der Waals surface area contributed by atoms with Gasteiger partial charge in [-0.25, -0.2) is 9.37 Å². The zero-order chi connectivity index (χ0) is 15.0. The Bertz CT molecular complexity index is 811. The lowest BCUT2D eigenvalue weighted by Crippen LogP contribution is -2.03. The van der Waals surface area contributed by atoms with E-state index in [1.807, 2.05) is 32.0 Å². The van der Waals surface area contributed by atoms with Gasteiger partial charge in [0.05, 0.1) is 17.8 Å². The number of halogens is 1. The Morgan fingerprint density at radius 2 is 2.10 bits per heavy atom. The minimum absolute atomic E-state index is 0.308. The van der Waals surface area contributed by atoms with Crippen molar-refractivity contribution >= 4 is 17.0 Å². The molecule has 4 nitrogen and oxygen atoms in total. The average molecular weight is 285 g/mol. The molecule has 0 aliphatic heterocycles. The Morgan fingerprint density at radius 3 is 2.86 bits per heavy atom. The molecule has 0 unspecified atom stereocenters. The fraction of sp³-hybridized carbons (Fsp3) is 0.188. The van der Waals surface area contributed by atoms with E-state index < -0.39 is 0 Å². The van der Waals surface area contributed by atoms with Gasteiger partial charge in [-0.1, -0.05) is 12.1 Å². The number of imidazole rings is 1. The molecule has 2 aromatic carbocycles. The summed E-state index contributed by atoms with van der Waals surface area (Å²) < 4.78 is 20.9. The standard InChI is InChI=1S/C16H16FN3O/c1-3-21-14-6-4-5-12-15(14)19-16(18)20(12)13-9-11(17)8-7-10(13)2/h4-9H,3H2,1-2H3,(H2,18,19). The normalized spacial score (nSPS) is 11.0. The first kappa shape index (κ1) is 13.4. The zero-order valence-electron chi connectivity index (χ0n) is 11.9. The number of fused-ring (bicyclic) bond motifs is 1. The van der Waals surface area contributed by atoms with Crippen LogP contribution in [0.15, 0.2) is 36.4 Å². The van der Waals surface area contributed by atoms with E-state index in [0.717, 1.165) is 11.1 Å². The van der Waals surface area contributed by atoms with E-state index in [2.05, 4.69) is 4.98 Å². The Kier molecular flexibility index (Phi) is 3.25.